The smallest absolute Gasteiger partial charge is 0.170 e. The molecule has 0 spiro atoms. The Labute approximate surface area is 119 Å². The first-order valence-corrected chi connectivity index (χ1v) is 6.55. The number of rotatable bonds is 3. The molecule has 0 atom stereocenters. The average molecular weight is 294 g/mol. The summed E-state index contributed by atoms with van der Waals surface area (Å²) in [6.07, 6.45) is 0. The highest BCUT2D eigenvalue weighted by molar-refractivity contribution is 7.99. The van der Waals surface area contributed by atoms with Crippen molar-refractivity contribution >= 4 is 17.6 Å². The lowest BCUT2D eigenvalue weighted by molar-refractivity contribution is 0.318. The standard InChI is InChI=1S/C14H12F2N2OS/c1-8-4-2-3-5-12(8)20-13-10(15)6-9(7-11(13)16)14(17)18-19/h2-7,19H,1H3,(H2,17,18). The van der Waals surface area contributed by atoms with E-state index in [1.807, 2.05) is 19.1 Å². The van der Waals surface area contributed by atoms with Gasteiger partial charge in [0.25, 0.3) is 0 Å². The van der Waals surface area contributed by atoms with Gasteiger partial charge < -0.3 is 10.9 Å². The molecule has 0 saturated carbocycles. The van der Waals surface area contributed by atoms with Crippen molar-refractivity contribution in [3.63, 3.8) is 0 Å². The Morgan fingerprint density at radius 3 is 2.35 bits per heavy atom. The molecular weight excluding hydrogens is 282 g/mol. The number of aryl methyl sites for hydroxylation is 1. The third-order valence-corrected chi connectivity index (χ3v) is 3.98. The zero-order valence-electron chi connectivity index (χ0n) is 10.6. The van der Waals surface area contributed by atoms with Crippen LogP contribution >= 0.6 is 11.8 Å². The third-order valence-electron chi connectivity index (χ3n) is 2.71. The zero-order chi connectivity index (χ0) is 14.7. The molecule has 3 nitrogen and oxygen atoms in total. The van der Waals surface area contributed by atoms with Crippen LogP contribution in [0.5, 0.6) is 0 Å². The van der Waals surface area contributed by atoms with E-state index in [1.54, 1.807) is 12.1 Å². The van der Waals surface area contributed by atoms with Gasteiger partial charge in [-0.15, -0.1) is 0 Å². The van der Waals surface area contributed by atoms with Gasteiger partial charge in [0.05, 0.1) is 4.90 Å². The van der Waals surface area contributed by atoms with E-state index in [-0.39, 0.29) is 16.3 Å². The van der Waals surface area contributed by atoms with Gasteiger partial charge in [0, 0.05) is 10.5 Å². The molecule has 0 unspecified atom stereocenters. The normalized spacial score (nSPS) is 11.7. The molecule has 6 heteroatoms. The van der Waals surface area contributed by atoms with Gasteiger partial charge >= 0.3 is 0 Å². The molecule has 0 bridgehead atoms. The predicted octanol–water partition coefficient (Wildman–Crippen LogP) is 3.52. The largest absolute Gasteiger partial charge is 0.409 e. The van der Waals surface area contributed by atoms with Crippen LogP contribution in [0.15, 0.2) is 51.3 Å². The minimum absolute atomic E-state index is 0.00312. The summed E-state index contributed by atoms with van der Waals surface area (Å²) in [6.45, 7) is 1.86. The number of hydrogen-bond acceptors (Lipinski definition) is 3. The Bertz CT molecular complexity index is 651. The number of hydrogen-bond donors (Lipinski definition) is 2. The first-order valence-electron chi connectivity index (χ1n) is 5.73. The molecule has 0 fully saturated rings. The van der Waals surface area contributed by atoms with Crippen LogP contribution < -0.4 is 5.73 Å². The van der Waals surface area contributed by atoms with Gasteiger partial charge in [-0.05, 0) is 30.7 Å². The van der Waals surface area contributed by atoms with Crippen LogP contribution in [0.25, 0.3) is 0 Å². The highest BCUT2D eigenvalue weighted by Crippen LogP contribution is 2.34. The maximum Gasteiger partial charge on any atom is 0.170 e. The summed E-state index contributed by atoms with van der Waals surface area (Å²) >= 11 is 1.00. The fraction of sp³-hybridized carbons (Fsp3) is 0.0714. The highest BCUT2D eigenvalue weighted by atomic mass is 32.2. The van der Waals surface area contributed by atoms with E-state index in [0.29, 0.717) is 0 Å². The van der Waals surface area contributed by atoms with Crippen LogP contribution in [0.4, 0.5) is 8.78 Å². The summed E-state index contributed by atoms with van der Waals surface area (Å²) in [5.74, 6) is -1.84. The van der Waals surface area contributed by atoms with Crippen molar-refractivity contribution in [2.45, 2.75) is 16.7 Å². The van der Waals surface area contributed by atoms with Crippen molar-refractivity contribution in [3.05, 3.63) is 59.2 Å². The Kier molecular flexibility index (Phi) is 4.24. The Balaban J connectivity index is 2.41. The summed E-state index contributed by atoms with van der Waals surface area (Å²) in [5.41, 5.74) is 6.24. The van der Waals surface area contributed by atoms with Crippen molar-refractivity contribution in [3.8, 4) is 0 Å². The quantitative estimate of drug-likeness (QED) is 0.394. The van der Waals surface area contributed by atoms with Gasteiger partial charge in [-0.3, -0.25) is 0 Å². The molecule has 2 aromatic rings. The van der Waals surface area contributed by atoms with Gasteiger partial charge in [-0.2, -0.15) is 0 Å². The summed E-state index contributed by atoms with van der Waals surface area (Å²) in [4.78, 5) is 0.649. The molecule has 0 aromatic heterocycles. The Morgan fingerprint density at radius 1 is 1.20 bits per heavy atom. The second-order valence-corrected chi connectivity index (χ2v) is 5.17. The second kappa shape index (κ2) is 5.92. The molecule has 2 rings (SSSR count). The molecule has 0 radical (unpaired) electrons. The van der Waals surface area contributed by atoms with Crippen LogP contribution in [0.1, 0.15) is 11.1 Å². The Hall–Kier alpha value is -2.08. The van der Waals surface area contributed by atoms with E-state index in [1.165, 1.54) is 0 Å². The van der Waals surface area contributed by atoms with Crippen LogP contribution in [-0.4, -0.2) is 11.0 Å². The summed E-state index contributed by atoms with van der Waals surface area (Å²) in [5, 5.41) is 11.2. The van der Waals surface area contributed by atoms with Crippen molar-refractivity contribution in [1.29, 1.82) is 0 Å². The lowest BCUT2D eigenvalue weighted by Gasteiger charge is -2.09. The number of nitrogens with two attached hydrogens (primary N) is 1. The molecule has 0 amide bonds. The summed E-state index contributed by atoms with van der Waals surface area (Å²) < 4.78 is 27.9. The highest BCUT2D eigenvalue weighted by Gasteiger charge is 2.15. The second-order valence-electron chi connectivity index (χ2n) is 4.12. The van der Waals surface area contributed by atoms with E-state index in [2.05, 4.69) is 5.16 Å². The first kappa shape index (κ1) is 14.3. The molecule has 0 aliphatic carbocycles. The van der Waals surface area contributed by atoms with Crippen LogP contribution in [0, 0.1) is 18.6 Å². The monoisotopic (exact) mass is 294 g/mol. The van der Waals surface area contributed by atoms with Crippen molar-refractivity contribution in [2.75, 3.05) is 0 Å². The van der Waals surface area contributed by atoms with E-state index in [4.69, 9.17) is 10.9 Å². The molecule has 0 aliphatic rings. The van der Waals surface area contributed by atoms with E-state index in [9.17, 15) is 8.78 Å². The molecule has 0 saturated heterocycles. The molecule has 0 heterocycles. The topological polar surface area (TPSA) is 58.6 Å². The zero-order valence-corrected chi connectivity index (χ0v) is 11.4. The van der Waals surface area contributed by atoms with Crippen LogP contribution in [-0.2, 0) is 0 Å². The molecular formula is C14H12F2N2OS. The molecule has 2 aromatic carbocycles. The average Bonchev–Trinajstić information content (AvgIpc) is 2.43. The number of nitrogens with zero attached hydrogens (tertiary/aromatic N) is 1. The fourth-order valence-electron chi connectivity index (χ4n) is 1.64. The number of amidine groups is 1. The van der Waals surface area contributed by atoms with Gasteiger partial charge in [0.15, 0.2) is 5.84 Å². The third kappa shape index (κ3) is 2.91. The number of halogens is 2. The summed E-state index contributed by atoms with van der Waals surface area (Å²) in [6, 6.07) is 9.39. The SMILES string of the molecule is Cc1ccccc1Sc1c(F)cc(/C(N)=N/O)cc1F. The molecule has 3 N–H and O–H groups in total. The predicted molar refractivity (Wildman–Crippen MR) is 74.2 cm³/mol. The van der Waals surface area contributed by atoms with Crippen molar-refractivity contribution in [1.82, 2.24) is 0 Å². The number of benzene rings is 2. The van der Waals surface area contributed by atoms with Gasteiger partial charge in [0.2, 0.25) is 0 Å². The Morgan fingerprint density at radius 2 is 1.80 bits per heavy atom. The summed E-state index contributed by atoms with van der Waals surface area (Å²) in [7, 11) is 0. The molecule has 20 heavy (non-hydrogen) atoms. The molecule has 0 aliphatic heterocycles. The minimum Gasteiger partial charge on any atom is -0.409 e. The van der Waals surface area contributed by atoms with E-state index < -0.39 is 11.6 Å². The van der Waals surface area contributed by atoms with Crippen molar-refractivity contribution in [2.24, 2.45) is 10.9 Å². The van der Waals surface area contributed by atoms with Gasteiger partial charge in [0.1, 0.15) is 11.6 Å². The van der Waals surface area contributed by atoms with Crippen LogP contribution in [0.2, 0.25) is 0 Å². The maximum absolute atomic E-state index is 14.0. The van der Waals surface area contributed by atoms with Gasteiger partial charge in [-0.25, -0.2) is 8.78 Å². The fourth-order valence-corrected chi connectivity index (χ4v) is 2.55. The lowest BCUT2D eigenvalue weighted by Crippen LogP contribution is -2.14. The molecule has 104 valence electrons. The van der Waals surface area contributed by atoms with Gasteiger partial charge in [-0.1, -0.05) is 35.1 Å². The maximum atomic E-state index is 14.0. The van der Waals surface area contributed by atoms with E-state index in [0.717, 1.165) is 34.4 Å². The van der Waals surface area contributed by atoms with E-state index >= 15 is 0 Å². The lowest BCUT2D eigenvalue weighted by atomic mass is 10.2. The first-order chi connectivity index (χ1) is 9.52. The minimum atomic E-state index is -0.750. The number of oxime groups is 1. The van der Waals surface area contributed by atoms with Crippen LogP contribution in [0.3, 0.4) is 0 Å². The van der Waals surface area contributed by atoms with Crippen molar-refractivity contribution < 1.29 is 14.0 Å².